The molecule has 2 aromatic carbocycles. The largest absolute Gasteiger partial charge is 0.369 e. The van der Waals surface area contributed by atoms with Gasteiger partial charge in [-0.2, -0.15) is 0 Å². The molecule has 166 valence electrons. The Balaban J connectivity index is 1.28. The highest BCUT2D eigenvalue weighted by Crippen LogP contribution is 2.20. The summed E-state index contributed by atoms with van der Waals surface area (Å²) in [6, 6.07) is 19.0. The van der Waals surface area contributed by atoms with E-state index in [9.17, 15) is 9.59 Å². The maximum Gasteiger partial charge on any atom is 0.261 e. The highest BCUT2D eigenvalue weighted by atomic mass is 32.1. The van der Waals surface area contributed by atoms with Gasteiger partial charge in [-0.25, -0.2) is 0 Å². The molecule has 2 N–H and O–H groups in total. The number of likely N-dealkylation sites (N-methyl/N-ethyl adjacent to an activating group) is 1. The molecule has 1 fully saturated rings. The van der Waals surface area contributed by atoms with Crippen LogP contribution >= 0.6 is 11.3 Å². The van der Waals surface area contributed by atoms with Crippen LogP contribution in [0.1, 0.15) is 32.5 Å². The molecule has 1 aromatic heterocycles. The summed E-state index contributed by atoms with van der Waals surface area (Å²) in [7, 11) is 0. The average Bonchev–Trinajstić information content (AvgIpc) is 3.39. The van der Waals surface area contributed by atoms with E-state index in [1.54, 1.807) is 18.2 Å². The molecule has 1 saturated heterocycles. The van der Waals surface area contributed by atoms with Gasteiger partial charge in [-0.05, 0) is 60.0 Å². The predicted octanol–water partition coefficient (Wildman–Crippen LogP) is 4.07. The van der Waals surface area contributed by atoms with E-state index in [-0.39, 0.29) is 11.8 Å². The van der Waals surface area contributed by atoms with Gasteiger partial charge in [0.2, 0.25) is 0 Å². The van der Waals surface area contributed by atoms with Gasteiger partial charge in [0.25, 0.3) is 11.8 Å². The first kappa shape index (κ1) is 22.0. The molecular weight excluding hydrogens is 420 g/mol. The molecule has 7 heteroatoms. The third kappa shape index (κ3) is 5.55. The Bertz CT molecular complexity index is 1020. The number of anilines is 2. The van der Waals surface area contributed by atoms with Crippen LogP contribution in [0.5, 0.6) is 0 Å². The Labute approximate surface area is 192 Å². The lowest BCUT2D eigenvalue weighted by Crippen LogP contribution is -2.46. The summed E-state index contributed by atoms with van der Waals surface area (Å²) in [6.45, 7) is 7.95. The zero-order valence-electron chi connectivity index (χ0n) is 18.2. The Morgan fingerprint density at radius 3 is 2.25 bits per heavy atom. The summed E-state index contributed by atoms with van der Waals surface area (Å²) in [5, 5.41) is 7.73. The van der Waals surface area contributed by atoms with Gasteiger partial charge in [0.1, 0.15) is 0 Å². The second-order valence-corrected chi connectivity index (χ2v) is 8.73. The minimum Gasteiger partial charge on any atom is -0.369 e. The monoisotopic (exact) mass is 448 g/mol. The second kappa shape index (κ2) is 10.4. The number of nitrogens with zero attached hydrogens (tertiary/aromatic N) is 2. The normalized spacial score (nSPS) is 14.2. The molecule has 0 radical (unpaired) electrons. The van der Waals surface area contributed by atoms with Gasteiger partial charge >= 0.3 is 0 Å². The van der Waals surface area contributed by atoms with Crippen LogP contribution in [0.4, 0.5) is 11.4 Å². The van der Waals surface area contributed by atoms with E-state index in [0.717, 1.165) is 44.0 Å². The van der Waals surface area contributed by atoms with E-state index in [0.29, 0.717) is 17.0 Å². The van der Waals surface area contributed by atoms with Crippen molar-refractivity contribution in [3.8, 4) is 0 Å². The Morgan fingerprint density at radius 1 is 0.906 bits per heavy atom. The molecule has 0 bridgehead atoms. The van der Waals surface area contributed by atoms with Gasteiger partial charge in [0.15, 0.2) is 0 Å². The van der Waals surface area contributed by atoms with E-state index in [1.165, 1.54) is 17.0 Å². The minimum atomic E-state index is -0.150. The Hall–Kier alpha value is -3.16. The number of piperazine rings is 1. The fourth-order valence-electron chi connectivity index (χ4n) is 3.73. The summed E-state index contributed by atoms with van der Waals surface area (Å²) < 4.78 is 0. The van der Waals surface area contributed by atoms with E-state index >= 15 is 0 Å². The summed E-state index contributed by atoms with van der Waals surface area (Å²) in [4.78, 5) is 30.2. The van der Waals surface area contributed by atoms with E-state index in [2.05, 4.69) is 39.5 Å². The molecule has 0 aliphatic carbocycles. The minimum absolute atomic E-state index is 0.0856. The number of carbonyl (C=O) groups excluding carboxylic acids is 2. The summed E-state index contributed by atoms with van der Waals surface area (Å²) in [5.74, 6) is -0.235. The van der Waals surface area contributed by atoms with Gasteiger partial charge in [0, 0.05) is 49.7 Å². The van der Waals surface area contributed by atoms with Crippen molar-refractivity contribution in [1.29, 1.82) is 0 Å². The van der Waals surface area contributed by atoms with Crippen LogP contribution in [0, 0.1) is 0 Å². The van der Waals surface area contributed by atoms with Crippen molar-refractivity contribution < 1.29 is 9.59 Å². The molecule has 6 nitrogen and oxygen atoms in total. The number of benzene rings is 2. The van der Waals surface area contributed by atoms with Gasteiger partial charge in [-0.1, -0.05) is 25.1 Å². The molecule has 2 amide bonds. The quantitative estimate of drug-likeness (QED) is 0.572. The van der Waals surface area contributed by atoms with Crippen molar-refractivity contribution >= 4 is 34.5 Å². The van der Waals surface area contributed by atoms with Gasteiger partial charge < -0.3 is 20.4 Å². The van der Waals surface area contributed by atoms with Gasteiger partial charge in [-0.15, -0.1) is 11.3 Å². The van der Waals surface area contributed by atoms with Crippen molar-refractivity contribution in [2.45, 2.75) is 13.5 Å². The highest BCUT2D eigenvalue weighted by molar-refractivity contribution is 7.12. The lowest BCUT2D eigenvalue weighted by atomic mass is 10.1. The molecule has 1 aliphatic heterocycles. The molecule has 0 spiro atoms. The van der Waals surface area contributed by atoms with Gasteiger partial charge in [-0.3, -0.25) is 9.59 Å². The summed E-state index contributed by atoms with van der Waals surface area (Å²) in [6.07, 6.45) is 0. The third-order valence-electron chi connectivity index (χ3n) is 5.72. The van der Waals surface area contributed by atoms with Crippen LogP contribution in [-0.2, 0) is 6.54 Å². The lowest BCUT2D eigenvalue weighted by molar-refractivity contribution is 0.0953. The first-order valence-electron chi connectivity index (χ1n) is 10.9. The van der Waals surface area contributed by atoms with Crippen LogP contribution in [0.2, 0.25) is 0 Å². The fraction of sp³-hybridized carbons (Fsp3) is 0.280. The molecule has 0 atom stereocenters. The molecule has 0 saturated carbocycles. The van der Waals surface area contributed by atoms with Crippen molar-refractivity contribution in [3.63, 3.8) is 0 Å². The molecule has 1 aliphatic rings. The van der Waals surface area contributed by atoms with E-state index in [4.69, 9.17) is 0 Å². The zero-order chi connectivity index (χ0) is 22.3. The van der Waals surface area contributed by atoms with Crippen LogP contribution < -0.4 is 15.5 Å². The fourth-order valence-corrected chi connectivity index (χ4v) is 4.37. The number of carbonyl (C=O) groups is 2. The number of amides is 2. The number of thiophene rings is 1. The van der Waals surface area contributed by atoms with Crippen LogP contribution in [0.25, 0.3) is 0 Å². The lowest BCUT2D eigenvalue weighted by Gasteiger charge is -2.35. The third-order valence-corrected chi connectivity index (χ3v) is 6.59. The topological polar surface area (TPSA) is 64.7 Å². The van der Waals surface area contributed by atoms with Crippen LogP contribution in [0.15, 0.2) is 66.0 Å². The molecule has 2 heterocycles. The molecule has 0 unspecified atom stereocenters. The maximum absolute atomic E-state index is 12.6. The standard InChI is InChI=1S/C25H28N4O2S/c1-2-28-13-15-29(16-14-28)22-11-9-21(10-12-22)27-24(30)20-7-5-19(6-8-20)18-26-25(31)23-4-3-17-32-23/h3-12,17H,2,13-16,18H2,1H3,(H,26,31)(H,27,30). The van der Waals surface area contributed by atoms with Crippen molar-refractivity contribution in [2.24, 2.45) is 0 Å². The molecule has 32 heavy (non-hydrogen) atoms. The molecular formula is C25H28N4O2S. The Kier molecular flexibility index (Phi) is 7.19. The van der Waals surface area contributed by atoms with E-state index in [1.807, 2.05) is 35.7 Å². The number of nitrogens with one attached hydrogen (secondary N) is 2. The highest BCUT2D eigenvalue weighted by Gasteiger charge is 2.16. The molecule has 4 rings (SSSR count). The first-order valence-corrected chi connectivity index (χ1v) is 11.8. The number of rotatable bonds is 7. The van der Waals surface area contributed by atoms with Crippen molar-refractivity contribution in [3.05, 3.63) is 82.0 Å². The smallest absolute Gasteiger partial charge is 0.261 e. The molecule has 3 aromatic rings. The first-order chi connectivity index (χ1) is 15.6. The summed E-state index contributed by atoms with van der Waals surface area (Å²) >= 11 is 1.41. The number of hydrogen-bond acceptors (Lipinski definition) is 5. The Morgan fingerprint density at radius 2 is 1.62 bits per heavy atom. The maximum atomic E-state index is 12.6. The zero-order valence-corrected chi connectivity index (χ0v) is 19.0. The second-order valence-electron chi connectivity index (χ2n) is 7.78. The SMILES string of the molecule is CCN1CCN(c2ccc(NC(=O)c3ccc(CNC(=O)c4cccs4)cc3)cc2)CC1. The van der Waals surface area contributed by atoms with Crippen molar-refractivity contribution in [2.75, 3.05) is 42.9 Å². The van der Waals surface area contributed by atoms with Crippen molar-refractivity contribution in [1.82, 2.24) is 10.2 Å². The van der Waals surface area contributed by atoms with E-state index < -0.39 is 0 Å². The summed E-state index contributed by atoms with van der Waals surface area (Å²) in [5.41, 5.74) is 3.49. The van der Waals surface area contributed by atoms with Crippen LogP contribution in [-0.4, -0.2) is 49.4 Å². The predicted molar refractivity (Wildman–Crippen MR) is 131 cm³/mol. The van der Waals surface area contributed by atoms with Gasteiger partial charge in [0.05, 0.1) is 4.88 Å². The van der Waals surface area contributed by atoms with Crippen LogP contribution in [0.3, 0.4) is 0 Å². The number of hydrogen-bond donors (Lipinski definition) is 2. The average molecular weight is 449 g/mol.